The molecular formula is C15H18O4. The molecule has 0 spiro atoms. The zero-order chi connectivity index (χ0) is 13.9. The van der Waals surface area contributed by atoms with Gasteiger partial charge in [-0.25, -0.2) is 0 Å². The van der Waals surface area contributed by atoms with Crippen LogP contribution in [0.3, 0.4) is 0 Å². The predicted molar refractivity (Wildman–Crippen MR) is 68.1 cm³/mol. The van der Waals surface area contributed by atoms with Crippen molar-refractivity contribution in [2.45, 2.75) is 39.4 Å². The molecule has 0 radical (unpaired) electrons. The van der Waals surface area contributed by atoms with Crippen LogP contribution in [0.2, 0.25) is 0 Å². The third kappa shape index (κ3) is 1.56. The van der Waals surface area contributed by atoms with Gasteiger partial charge in [0.1, 0.15) is 6.10 Å². The Hall–Kier alpha value is -1.42. The van der Waals surface area contributed by atoms with Gasteiger partial charge in [0, 0.05) is 16.9 Å². The normalized spacial score (nSPS) is 45.1. The Labute approximate surface area is 112 Å². The van der Waals surface area contributed by atoms with E-state index in [9.17, 15) is 14.7 Å². The van der Waals surface area contributed by atoms with Crippen molar-refractivity contribution >= 4 is 11.8 Å². The summed E-state index contributed by atoms with van der Waals surface area (Å²) in [7, 11) is 0. The second-order valence-corrected chi connectivity index (χ2v) is 6.15. The molecule has 0 aromatic rings. The highest BCUT2D eigenvalue weighted by atomic mass is 16.6. The Bertz CT molecular complexity index is 530. The molecule has 1 N–H and O–H groups in total. The van der Waals surface area contributed by atoms with Crippen LogP contribution in [-0.4, -0.2) is 29.1 Å². The minimum absolute atomic E-state index is 0.0294. The Morgan fingerprint density at radius 2 is 2.11 bits per heavy atom. The molecular weight excluding hydrogens is 244 g/mol. The molecule has 5 atom stereocenters. The number of ketones is 1. The second kappa shape index (κ2) is 3.79. The second-order valence-electron chi connectivity index (χ2n) is 6.15. The quantitative estimate of drug-likeness (QED) is 0.670. The van der Waals surface area contributed by atoms with Crippen molar-refractivity contribution in [3.8, 4) is 0 Å². The van der Waals surface area contributed by atoms with Gasteiger partial charge in [-0.3, -0.25) is 9.59 Å². The summed E-state index contributed by atoms with van der Waals surface area (Å²) in [4.78, 5) is 23.7. The highest BCUT2D eigenvalue weighted by Gasteiger charge is 2.56. The number of aliphatic hydroxyl groups is 1. The van der Waals surface area contributed by atoms with Crippen LogP contribution in [0.4, 0.5) is 0 Å². The van der Waals surface area contributed by atoms with Gasteiger partial charge in [0.2, 0.25) is 0 Å². The molecule has 0 bridgehead atoms. The summed E-state index contributed by atoms with van der Waals surface area (Å²) >= 11 is 0. The minimum Gasteiger partial charge on any atom is -0.457 e. The Morgan fingerprint density at radius 1 is 1.42 bits per heavy atom. The molecule has 0 amide bonds. The fraction of sp³-hybridized carbons (Fsp3) is 0.600. The monoisotopic (exact) mass is 262 g/mol. The number of ether oxygens (including phenoxy) is 1. The molecule has 1 heterocycles. The molecule has 0 aromatic carbocycles. The van der Waals surface area contributed by atoms with Crippen LogP contribution in [-0.2, 0) is 14.3 Å². The van der Waals surface area contributed by atoms with Crippen molar-refractivity contribution in [3.05, 3.63) is 23.3 Å². The van der Waals surface area contributed by atoms with E-state index in [1.165, 1.54) is 0 Å². The van der Waals surface area contributed by atoms with Gasteiger partial charge >= 0.3 is 5.97 Å². The summed E-state index contributed by atoms with van der Waals surface area (Å²) in [6.45, 7) is 5.56. The molecule has 1 aliphatic heterocycles. The molecule has 1 saturated heterocycles. The summed E-state index contributed by atoms with van der Waals surface area (Å²) in [5.74, 6) is -0.852. The van der Waals surface area contributed by atoms with Gasteiger partial charge in [-0.15, -0.1) is 0 Å². The zero-order valence-electron chi connectivity index (χ0n) is 11.3. The molecule has 2 fully saturated rings. The first-order valence-corrected chi connectivity index (χ1v) is 6.68. The molecule has 4 nitrogen and oxygen atoms in total. The third-order valence-corrected chi connectivity index (χ3v) is 4.90. The van der Waals surface area contributed by atoms with Gasteiger partial charge in [0.05, 0.1) is 12.0 Å². The van der Waals surface area contributed by atoms with Crippen molar-refractivity contribution in [3.63, 3.8) is 0 Å². The molecule has 0 aromatic heterocycles. The minimum atomic E-state index is -0.578. The van der Waals surface area contributed by atoms with Crippen LogP contribution in [0.25, 0.3) is 0 Å². The van der Waals surface area contributed by atoms with Crippen LogP contribution in [0, 0.1) is 17.3 Å². The van der Waals surface area contributed by atoms with Gasteiger partial charge in [-0.2, -0.15) is 0 Å². The summed E-state index contributed by atoms with van der Waals surface area (Å²) in [6, 6.07) is 0. The van der Waals surface area contributed by atoms with Gasteiger partial charge in [0.15, 0.2) is 5.78 Å². The predicted octanol–water partition coefficient (Wildman–Crippen LogP) is 1.39. The van der Waals surface area contributed by atoms with Crippen LogP contribution >= 0.6 is 0 Å². The van der Waals surface area contributed by atoms with Gasteiger partial charge < -0.3 is 9.84 Å². The number of allylic oxidation sites excluding steroid dienone is 3. The SMILES string of the molecule is CC1=C2C3OC(=O)[C@@H](C)[C@H]3[C@@H](O)C[C@@]2(C)C=CC1=O. The number of hydrogen-bond acceptors (Lipinski definition) is 4. The molecule has 19 heavy (non-hydrogen) atoms. The molecule has 1 saturated carbocycles. The lowest BCUT2D eigenvalue weighted by atomic mass is 9.60. The van der Waals surface area contributed by atoms with Gasteiger partial charge in [-0.05, 0) is 25.0 Å². The van der Waals surface area contributed by atoms with Crippen LogP contribution in [0.15, 0.2) is 23.3 Å². The first-order chi connectivity index (χ1) is 8.85. The van der Waals surface area contributed by atoms with E-state index in [4.69, 9.17) is 4.74 Å². The van der Waals surface area contributed by atoms with Gasteiger partial charge in [-0.1, -0.05) is 19.9 Å². The van der Waals surface area contributed by atoms with Crippen molar-refractivity contribution in [1.82, 2.24) is 0 Å². The van der Waals surface area contributed by atoms with Crippen molar-refractivity contribution in [2.75, 3.05) is 0 Å². The lowest BCUT2D eigenvalue weighted by Gasteiger charge is -2.45. The average Bonchev–Trinajstić information content (AvgIpc) is 2.61. The number of fused-ring (bicyclic) bond motifs is 3. The Morgan fingerprint density at radius 3 is 2.79 bits per heavy atom. The number of carbonyl (C=O) groups is 2. The number of esters is 1. The van der Waals surface area contributed by atoms with E-state index >= 15 is 0 Å². The summed E-state index contributed by atoms with van der Waals surface area (Å²) < 4.78 is 5.46. The highest BCUT2D eigenvalue weighted by Crippen LogP contribution is 2.52. The van der Waals surface area contributed by atoms with E-state index in [2.05, 4.69) is 0 Å². The molecule has 4 heteroatoms. The first kappa shape index (κ1) is 12.6. The van der Waals surface area contributed by atoms with Crippen LogP contribution in [0.5, 0.6) is 0 Å². The Kier molecular flexibility index (Phi) is 2.52. The number of aliphatic hydroxyl groups excluding tert-OH is 1. The Balaban J connectivity index is 2.14. The third-order valence-electron chi connectivity index (χ3n) is 4.90. The van der Waals surface area contributed by atoms with Crippen LogP contribution in [0.1, 0.15) is 27.2 Å². The molecule has 1 unspecified atom stereocenters. The van der Waals surface area contributed by atoms with E-state index < -0.39 is 12.2 Å². The molecule has 3 aliphatic rings. The average molecular weight is 262 g/mol. The molecule has 2 aliphatic carbocycles. The number of rotatable bonds is 0. The van der Waals surface area contributed by atoms with E-state index in [-0.39, 0.29) is 29.0 Å². The lowest BCUT2D eigenvalue weighted by molar-refractivity contribution is -0.143. The highest BCUT2D eigenvalue weighted by molar-refractivity contribution is 6.05. The molecule has 3 rings (SSSR count). The summed E-state index contributed by atoms with van der Waals surface area (Å²) in [6.07, 6.45) is 2.90. The maximum Gasteiger partial charge on any atom is 0.309 e. The lowest BCUT2D eigenvalue weighted by Crippen LogP contribution is -2.47. The maximum atomic E-state index is 11.9. The van der Waals surface area contributed by atoms with E-state index in [0.29, 0.717) is 12.0 Å². The van der Waals surface area contributed by atoms with Gasteiger partial charge in [0.25, 0.3) is 0 Å². The largest absolute Gasteiger partial charge is 0.457 e. The van der Waals surface area contributed by atoms with E-state index in [0.717, 1.165) is 5.57 Å². The number of carbonyl (C=O) groups excluding carboxylic acids is 2. The zero-order valence-corrected chi connectivity index (χ0v) is 11.3. The summed E-state index contributed by atoms with van der Waals surface area (Å²) in [5, 5.41) is 10.4. The molecule has 102 valence electrons. The van der Waals surface area contributed by atoms with Crippen molar-refractivity contribution in [1.29, 1.82) is 0 Å². The topological polar surface area (TPSA) is 63.6 Å². The van der Waals surface area contributed by atoms with E-state index in [1.807, 2.05) is 13.0 Å². The smallest absolute Gasteiger partial charge is 0.309 e. The van der Waals surface area contributed by atoms with Crippen molar-refractivity contribution < 1.29 is 19.4 Å². The standard InChI is InChI=1S/C15H18O4/c1-7-9(16)4-5-15(3)6-10(17)11-8(2)14(18)19-13(11)12(7)15/h4-5,8,10-11,13,17H,6H2,1-3H3/t8-,10-,11-,13?,15+/m0/s1. The van der Waals surface area contributed by atoms with E-state index in [1.54, 1.807) is 19.9 Å². The summed E-state index contributed by atoms with van der Waals surface area (Å²) in [5.41, 5.74) is 1.16. The number of hydrogen-bond donors (Lipinski definition) is 1. The fourth-order valence-electron chi connectivity index (χ4n) is 3.84. The van der Waals surface area contributed by atoms with Crippen molar-refractivity contribution in [2.24, 2.45) is 17.3 Å². The fourth-order valence-corrected chi connectivity index (χ4v) is 3.84. The van der Waals surface area contributed by atoms with Crippen LogP contribution < -0.4 is 0 Å². The first-order valence-electron chi connectivity index (χ1n) is 6.68. The maximum absolute atomic E-state index is 11.9.